The van der Waals surface area contributed by atoms with E-state index >= 15 is 0 Å². The highest BCUT2D eigenvalue weighted by molar-refractivity contribution is 9.10. The molecule has 2 aromatic heterocycles. The second-order valence-corrected chi connectivity index (χ2v) is 8.36. The van der Waals surface area contributed by atoms with Crippen molar-refractivity contribution in [2.24, 2.45) is 0 Å². The van der Waals surface area contributed by atoms with Crippen molar-refractivity contribution in [1.82, 2.24) is 20.2 Å². The normalized spacial score (nSPS) is 14.3. The fourth-order valence-electron chi connectivity index (χ4n) is 3.25. The van der Waals surface area contributed by atoms with Crippen LogP contribution in [0.1, 0.15) is 15.9 Å². The second-order valence-electron chi connectivity index (χ2n) is 7.44. The Morgan fingerprint density at radius 1 is 1.06 bits per heavy atom. The van der Waals surface area contributed by atoms with Gasteiger partial charge in [-0.15, -0.1) is 0 Å². The van der Waals surface area contributed by atoms with Gasteiger partial charge in [-0.2, -0.15) is 0 Å². The summed E-state index contributed by atoms with van der Waals surface area (Å²) < 4.78 is 6.63. The predicted molar refractivity (Wildman–Crippen MR) is 124 cm³/mol. The Balaban J connectivity index is 1.29. The average Bonchev–Trinajstić information content (AvgIpc) is 2.79. The van der Waals surface area contributed by atoms with Crippen molar-refractivity contribution in [3.8, 4) is 11.6 Å². The molecule has 1 aliphatic heterocycles. The zero-order chi connectivity index (χ0) is 21.6. The lowest BCUT2D eigenvalue weighted by molar-refractivity contribution is 0.0950. The minimum atomic E-state index is -0.190. The summed E-state index contributed by atoms with van der Waals surface area (Å²) in [5.41, 5.74) is 1.43. The Bertz CT molecular complexity index is 1020. The number of benzene rings is 1. The number of pyridine rings is 2. The van der Waals surface area contributed by atoms with Crippen LogP contribution in [0.15, 0.2) is 65.4 Å². The van der Waals surface area contributed by atoms with Crippen LogP contribution >= 0.6 is 15.9 Å². The number of ether oxygens (including phenoxy) is 1. The van der Waals surface area contributed by atoms with Gasteiger partial charge in [0.2, 0.25) is 5.88 Å². The van der Waals surface area contributed by atoms with E-state index in [1.54, 1.807) is 12.1 Å². The van der Waals surface area contributed by atoms with Gasteiger partial charge in [0.1, 0.15) is 11.6 Å². The number of halogens is 1. The first-order valence-electron chi connectivity index (χ1n) is 10.1. The summed E-state index contributed by atoms with van der Waals surface area (Å²) in [4.78, 5) is 25.8. The summed E-state index contributed by atoms with van der Waals surface area (Å²) in [6, 6.07) is 14.9. The zero-order valence-corrected chi connectivity index (χ0v) is 18.9. The molecule has 1 fully saturated rings. The number of carbonyl (C=O) groups excluding carboxylic acids is 1. The van der Waals surface area contributed by atoms with Gasteiger partial charge < -0.3 is 19.9 Å². The van der Waals surface area contributed by atoms with Gasteiger partial charge in [0.05, 0.1) is 5.56 Å². The summed E-state index contributed by atoms with van der Waals surface area (Å²) in [6.07, 6.45) is 3.33. The molecule has 160 valence electrons. The molecule has 1 aromatic carbocycles. The number of aromatic nitrogens is 2. The first-order valence-corrected chi connectivity index (χ1v) is 10.9. The van der Waals surface area contributed by atoms with Crippen LogP contribution in [-0.4, -0.2) is 54.0 Å². The molecule has 7 nitrogen and oxygen atoms in total. The Morgan fingerprint density at radius 3 is 2.58 bits per heavy atom. The molecule has 0 saturated carbocycles. The van der Waals surface area contributed by atoms with E-state index in [4.69, 9.17) is 4.74 Å². The molecule has 3 aromatic rings. The summed E-state index contributed by atoms with van der Waals surface area (Å²) in [6.45, 7) is 4.45. The van der Waals surface area contributed by atoms with E-state index in [0.717, 1.165) is 42.0 Å². The van der Waals surface area contributed by atoms with Crippen LogP contribution in [0.4, 0.5) is 5.82 Å². The maximum atomic E-state index is 12.4. The van der Waals surface area contributed by atoms with Crippen molar-refractivity contribution in [1.29, 1.82) is 0 Å². The van der Waals surface area contributed by atoms with Gasteiger partial charge in [-0.3, -0.25) is 4.79 Å². The number of hydrogen-bond acceptors (Lipinski definition) is 6. The summed E-state index contributed by atoms with van der Waals surface area (Å²) in [5.74, 6) is 1.89. The van der Waals surface area contributed by atoms with Gasteiger partial charge in [-0.25, -0.2) is 9.97 Å². The highest BCUT2D eigenvalue weighted by Gasteiger charge is 2.15. The lowest BCUT2D eigenvalue weighted by Crippen LogP contribution is -2.44. The van der Waals surface area contributed by atoms with Crippen molar-refractivity contribution in [2.75, 3.05) is 38.1 Å². The van der Waals surface area contributed by atoms with Crippen LogP contribution in [0, 0.1) is 0 Å². The number of nitrogens with one attached hydrogen (secondary N) is 1. The molecule has 3 heterocycles. The van der Waals surface area contributed by atoms with Crippen molar-refractivity contribution in [2.45, 2.75) is 6.54 Å². The van der Waals surface area contributed by atoms with Gasteiger partial charge in [-0.1, -0.05) is 28.1 Å². The molecular formula is C23H24BrN5O2. The molecule has 0 aliphatic carbocycles. The molecule has 0 bridgehead atoms. The van der Waals surface area contributed by atoms with E-state index in [2.05, 4.69) is 48.1 Å². The van der Waals surface area contributed by atoms with Crippen molar-refractivity contribution < 1.29 is 9.53 Å². The largest absolute Gasteiger partial charge is 0.439 e. The molecule has 1 N–H and O–H groups in total. The molecule has 31 heavy (non-hydrogen) atoms. The van der Waals surface area contributed by atoms with Crippen LogP contribution < -0.4 is 15.0 Å². The topological polar surface area (TPSA) is 70.6 Å². The maximum absolute atomic E-state index is 12.4. The third-order valence-corrected chi connectivity index (χ3v) is 5.60. The number of hydrogen-bond donors (Lipinski definition) is 1. The first-order chi connectivity index (χ1) is 15.1. The van der Waals surface area contributed by atoms with Gasteiger partial charge in [0, 0.05) is 55.7 Å². The Hall–Kier alpha value is -2.97. The number of piperazine rings is 1. The van der Waals surface area contributed by atoms with Crippen molar-refractivity contribution in [3.63, 3.8) is 0 Å². The minimum Gasteiger partial charge on any atom is -0.439 e. The van der Waals surface area contributed by atoms with Crippen LogP contribution in [0.2, 0.25) is 0 Å². The molecular weight excluding hydrogens is 458 g/mol. The smallest absolute Gasteiger partial charge is 0.253 e. The molecule has 0 atom stereocenters. The fraction of sp³-hybridized carbons (Fsp3) is 0.261. The van der Waals surface area contributed by atoms with Gasteiger partial charge in [0.15, 0.2) is 0 Å². The van der Waals surface area contributed by atoms with Crippen molar-refractivity contribution >= 4 is 27.7 Å². The van der Waals surface area contributed by atoms with Crippen LogP contribution in [0.3, 0.4) is 0 Å². The van der Waals surface area contributed by atoms with E-state index in [1.807, 2.05) is 42.6 Å². The highest BCUT2D eigenvalue weighted by Crippen LogP contribution is 2.23. The SMILES string of the molecule is CN1CCN(c2ccc(CNC(=O)c3ccc(Oc4cccc(Br)c4)nc3)cn2)CC1. The minimum absolute atomic E-state index is 0.190. The van der Waals surface area contributed by atoms with E-state index < -0.39 is 0 Å². The van der Waals surface area contributed by atoms with Gasteiger partial charge in [0.25, 0.3) is 5.91 Å². The zero-order valence-electron chi connectivity index (χ0n) is 17.3. The summed E-state index contributed by atoms with van der Waals surface area (Å²) in [5, 5.41) is 2.91. The number of nitrogens with zero attached hydrogens (tertiary/aromatic N) is 4. The Kier molecular flexibility index (Phi) is 6.79. The second kappa shape index (κ2) is 9.89. The summed E-state index contributed by atoms with van der Waals surface area (Å²) in [7, 11) is 2.13. The first kappa shape index (κ1) is 21.3. The number of anilines is 1. The van der Waals surface area contributed by atoms with Crippen LogP contribution in [-0.2, 0) is 6.54 Å². The van der Waals surface area contributed by atoms with E-state index in [1.165, 1.54) is 6.20 Å². The number of amides is 1. The monoisotopic (exact) mass is 481 g/mol. The molecule has 1 amide bonds. The van der Waals surface area contributed by atoms with Crippen molar-refractivity contribution in [3.05, 3.63) is 76.5 Å². The molecule has 0 radical (unpaired) electrons. The molecule has 0 spiro atoms. The quantitative estimate of drug-likeness (QED) is 0.578. The predicted octanol–water partition coefficient (Wildman–Crippen LogP) is 3.71. The maximum Gasteiger partial charge on any atom is 0.253 e. The Morgan fingerprint density at radius 2 is 1.90 bits per heavy atom. The lowest BCUT2D eigenvalue weighted by Gasteiger charge is -2.33. The van der Waals surface area contributed by atoms with E-state index in [-0.39, 0.29) is 5.91 Å². The van der Waals surface area contributed by atoms with E-state index in [9.17, 15) is 4.79 Å². The number of likely N-dealkylation sites (N-methyl/N-ethyl adjacent to an activating group) is 1. The van der Waals surface area contributed by atoms with Crippen LogP contribution in [0.25, 0.3) is 0 Å². The fourth-order valence-corrected chi connectivity index (χ4v) is 3.63. The molecule has 1 saturated heterocycles. The molecule has 0 unspecified atom stereocenters. The average molecular weight is 482 g/mol. The third kappa shape index (κ3) is 5.80. The molecule has 4 rings (SSSR count). The third-order valence-electron chi connectivity index (χ3n) is 5.11. The number of rotatable bonds is 6. The molecule has 8 heteroatoms. The van der Waals surface area contributed by atoms with E-state index in [0.29, 0.717) is 23.7 Å². The van der Waals surface area contributed by atoms with Gasteiger partial charge >= 0.3 is 0 Å². The standard InChI is InChI=1S/C23H24BrN5O2/c1-28-9-11-29(12-10-28)21-7-5-17(14-25-21)15-27-23(30)18-6-8-22(26-16-18)31-20-4-2-3-19(24)13-20/h2-8,13-14,16H,9-12,15H2,1H3,(H,27,30). The lowest BCUT2D eigenvalue weighted by atomic mass is 10.2. The Labute approximate surface area is 190 Å². The molecule has 1 aliphatic rings. The number of carbonyl (C=O) groups is 1. The van der Waals surface area contributed by atoms with Crippen LogP contribution in [0.5, 0.6) is 11.6 Å². The summed E-state index contributed by atoms with van der Waals surface area (Å²) >= 11 is 3.41. The highest BCUT2D eigenvalue weighted by atomic mass is 79.9. The van der Waals surface area contributed by atoms with Gasteiger partial charge in [-0.05, 0) is 42.9 Å².